The van der Waals surface area contributed by atoms with Gasteiger partial charge in [0.1, 0.15) is 11.5 Å². The Labute approximate surface area is 167 Å². The first kappa shape index (κ1) is 19.6. The predicted octanol–water partition coefficient (Wildman–Crippen LogP) is 3.96. The summed E-state index contributed by atoms with van der Waals surface area (Å²) in [6.45, 7) is 1.92. The van der Waals surface area contributed by atoms with Crippen LogP contribution in [0.5, 0.6) is 11.5 Å². The molecular weight excluding hydrogens is 374 g/mol. The van der Waals surface area contributed by atoms with Gasteiger partial charge in [-0.3, -0.25) is 14.6 Å². The molecule has 1 aromatic carbocycles. The Kier molecular flexibility index (Phi) is 6.39. The van der Waals surface area contributed by atoms with Crippen molar-refractivity contribution in [1.82, 2.24) is 9.88 Å². The van der Waals surface area contributed by atoms with Crippen LogP contribution < -0.4 is 10.1 Å². The number of carbonyl (C=O) groups excluding carboxylic acids is 2. The van der Waals surface area contributed by atoms with E-state index in [0.717, 1.165) is 5.56 Å². The number of thiophene rings is 1. The molecule has 1 atom stereocenters. The molecule has 0 aliphatic heterocycles. The van der Waals surface area contributed by atoms with E-state index in [2.05, 4.69) is 10.3 Å². The van der Waals surface area contributed by atoms with Crippen LogP contribution >= 0.6 is 11.3 Å². The Balaban J connectivity index is 1.60. The zero-order valence-electron chi connectivity index (χ0n) is 15.7. The summed E-state index contributed by atoms with van der Waals surface area (Å²) in [5, 5.41) is 6.68. The third kappa shape index (κ3) is 5.17. The van der Waals surface area contributed by atoms with Crippen molar-refractivity contribution in [3.63, 3.8) is 0 Å². The second kappa shape index (κ2) is 9.14. The quantitative estimate of drug-likeness (QED) is 0.641. The second-order valence-electron chi connectivity index (χ2n) is 6.37. The van der Waals surface area contributed by atoms with E-state index >= 15 is 0 Å². The smallest absolute Gasteiger partial charge is 0.313 e. The Hall–Kier alpha value is -3.19. The molecule has 144 valence electrons. The first-order valence-electron chi connectivity index (χ1n) is 8.80. The molecule has 2 aromatic heterocycles. The second-order valence-corrected chi connectivity index (χ2v) is 7.15. The zero-order valence-corrected chi connectivity index (χ0v) is 16.5. The molecule has 7 heteroatoms. The predicted molar refractivity (Wildman–Crippen MR) is 110 cm³/mol. The van der Waals surface area contributed by atoms with Gasteiger partial charge >= 0.3 is 11.8 Å². The number of amides is 2. The largest absolute Gasteiger partial charge is 0.457 e. The first-order valence-corrected chi connectivity index (χ1v) is 9.74. The van der Waals surface area contributed by atoms with E-state index < -0.39 is 11.8 Å². The highest BCUT2D eigenvalue weighted by molar-refractivity contribution is 7.07. The maximum absolute atomic E-state index is 12.5. The molecule has 0 unspecified atom stereocenters. The summed E-state index contributed by atoms with van der Waals surface area (Å²) in [7, 11) is 1.64. The van der Waals surface area contributed by atoms with Crippen LogP contribution in [-0.2, 0) is 16.0 Å². The average Bonchev–Trinajstić information content (AvgIpc) is 3.21. The van der Waals surface area contributed by atoms with Crippen LogP contribution in [0.2, 0.25) is 0 Å². The van der Waals surface area contributed by atoms with Gasteiger partial charge in [0.15, 0.2) is 0 Å². The maximum Gasteiger partial charge on any atom is 0.313 e. The summed E-state index contributed by atoms with van der Waals surface area (Å²) in [6, 6.07) is 12.3. The molecule has 0 radical (unpaired) electrons. The Morgan fingerprint density at radius 3 is 2.68 bits per heavy atom. The summed E-state index contributed by atoms with van der Waals surface area (Å²) in [5.41, 5.74) is 1.64. The van der Waals surface area contributed by atoms with E-state index in [9.17, 15) is 9.59 Å². The van der Waals surface area contributed by atoms with Crippen molar-refractivity contribution in [2.24, 2.45) is 0 Å². The summed E-state index contributed by atoms with van der Waals surface area (Å²) in [6.07, 6.45) is 3.97. The SMILES string of the molecule is C[C@@H](Cc1ccsc1)N(C)C(=O)C(=O)Nc1cccc(Oc2ccncc2)c1. The van der Waals surface area contributed by atoms with Crippen molar-refractivity contribution in [2.45, 2.75) is 19.4 Å². The minimum absolute atomic E-state index is 0.0887. The normalized spacial score (nSPS) is 11.5. The van der Waals surface area contributed by atoms with E-state index in [-0.39, 0.29) is 6.04 Å². The van der Waals surface area contributed by atoms with Crippen LogP contribution in [-0.4, -0.2) is 34.8 Å². The topological polar surface area (TPSA) is 71.5 Å². The highest BCUT2D eigenvalue weighted by atomic mass is 32.1. The zero-order chi connectivity index (χ0) is 19.9. The first-order chi connectivity index (χ1) is 13.5. The summed E-state index contributed by atoms with van der Waals surface area (Å²) >= 11 is 1.61. The van der Waals surface area contributed by atoms with E-state index in [1.807, 2.05) is 23.8 Å². The number of rotatable bonds is 6. The molecule has 0 bridgehead atoms. The fourth-order valence-electron chi connectivity index (χ4n) is 2.61. The lowest BCUT2D eigenvalue weighted by molar-refractivity contribution is -0.143. The fraction of sp³-hybridized carbons (Fsp3) is 0.190. The van der Waals surface area contributed by atoms with Crippen molar-refractivity contribution >= 4 is 28.8 Å². The minimum Gasteiger partial charge on any atom is -0.457 e. The van der Waals surface area contributed by atoms with Gasteiger partial charge in [-0.15, -0.1) is 0 Å². The molecule has 3 aromatic rings. The molecule has 3 rings (SSSR count). The number of aromatic nitrogens is 1. The van der Waals surface area contributed by atoms with Crippen LogP contribution in [0.4, 0.5) is 5.69 Å². The number of nitrogens with one attached hydrogen (secondary N) is 1. The van der Waals surface area contributed by atoms with E-state index in [4.69, 9.17) is 4.74 Å². The number of ether oxygens (including phenoxy) is 1. The van der Waals surface area contributed by atoms with Crippen molar-refractivity contribution in [2.75, 3.05) is 12.4 Å². The Morgan fingerprint density at radius 1 is 1.18 bits per heavy atom. The molecule has 0 saturated carbocycles. The summed E-state index contributed by atoms with van der Waals surface area (Å²) in [4.78, 5) is 30.3. The van der Waals surface area contributed by atoms with Gasteiger partial charge in [-0.1, -0.05) is 6.07 Å². The van der Waals surface area contributed by atoms with E-state index in [1.165, 1.54) is 4.90 Å². The van der Waals surface area contributed by atoms with Gasteiger partial charge in [0.05, 0.1) is 0 Å². The minimum atomic E-state index is -0.680. The van der Waals surface area contributed by atoms with Crippen molar-refractivity contribution in [3.05, 3.63) is 71.2 Å². The molecule has 0 aliphatic carbocycles. The summed E-state index contributed by atoms with van der Waals surface area (Å²) in [5.74, 6) is -0.0731. The molecule has 0 saturated heterocycles. The van der Waals surface area contributed by atoms with Gasteiger partial charge < -0.3 is 15.0 Å². The number of likely N-dealkylation sites (N-methyl/N-ethyl adjacent to an activating group) is 1. The highest BCUT2D eigenvalue weighted by Gasteiger charge is 2.23. The fourth-order valence-corrected chi connectivity index (χ4v) is 3.29. The number of benzene rings is 1. The third-order valence-corrected chi connectivity index (χ3v) is 5.00. The Morgan fingerprint density at radius 2 is 1.96 bits per heavy atom. The lowest BCUT2D eigenvalue weighted by atomic mass is 10.1. The van der Waals surface area contributed by atoms with Gasteiger partial charge in [0, 0.05) is 37.2 Å². The van der Waals surface area contributed by atoms with Crippen LogP contribution in [0.15, 0.2) is 65.6 Å². The molecule has 0 aliphatic rings. The number of hydrogen-bond donors (Lipinski definition) is 1. The number of anilines is 1. The molecule has 2 amide bonds. The third-order valence-electron chi connectivity index (χ3n) is 4.26. The van der Waals surface area contributed by atoms with E-state index in [1.54, 1.807) is 67.2 Å². The number of nitrogens with zero attached hydrogens (tertiary/aromatic N) is 2. The summed E-state index contributed by atoms with van der Waals surface area (Å²) < 4.78 is 5.72. The monoisotopic (exact) mass is 395 g/mol. The van der Waals surface area contributed by atoms with Crippen molar-refractivity contribution in [3.8, 4) is 11.5 Å². The molecule has 0 fully saturated rings. The molecule has 0 spiro atoms. The molecule has 2 heterocycles. The van der Waals surface area contributed by atoms with Crippen LogP contribution in [0.3, 0.4) is 0 Å². The van der Waals surface area contributed by atoms with Crippen molar-refractivity contribution in [1.29, 1.82) is 0 Å². The van der Waals surface area contributed by atoms with Gasteiger partial charge in [-0.05, 0) is 60.0 Å². The molecular formula is C21H21N3O3S. The highest BCUT2D eigenvalue weighted by Crippen LogP contribution is 2.23. The van der Waals surface area contributed by atoms with Gasteiger partial charge in [-0.25, -0.2) is 0 Å². The Bertz CT molecular complexity index is 929. The molecule has 28 heavy (non-hydrogen) atoms. The van der Waals surface area contributed by atoms with E-state index in [0.29, 0.717) is 23.6 Å². The lowest BCUT2D eigenvalue weighted by Crippen LogP contribution is -2.42. The molecule has 6 nitrogen and oxygen atoms in total. The standard InChI is InChI=1S/C21H21N3O3S/c1-15(12-16-8-11-28-14-16)24(2)21(26)20(25)23-17-4-3-5-19(13-17)27-18-6-9-22-10-7-18/h3-11,13-15H,12H2,1-2H3,(H,23,25)/t15-/m0/s1. The van der Waals surface area contributed by atoms with Gasteiger partial charge in [0.25, 0.3) is 0 Å². The number of pyridine rings is 1. The number of carbonyl (C=O) groups is 2. The maximum atomic E-state index is 12.5. The van der Waals surface area contributed by atoms with Gasteiger partial charge in [0.2, 0.25) is 0 Å². The average molecular weight is 395 g/mol. The van der Waals surface area contributed by atoms with Gasteiger partial charge in [-0.2, -0.15) is 11.3 Å². The van der Waals surface area contributed by atoms with Crippen LogP contribution in [0.1, 0.15) is 12.5 Å². The molecule has 1 N–H and O–H groups in total. The van der Waals surface area contributed by atoms with Crippen LogP contribution in [0, 0.1) is 0 Å². The number of hydrogen-bond acceptors (Lipinski definition) is 5. The van der Waals surface area contributed by atoms with Crippen LogP contribution in [0.25, 0.3) is 0 Å². The van der Waals surface area contributed by atoms with Crippen molar-refractivity contribution < 1.29 is 14.3 Å². The lowest BCUT2D eigenvalue weighted by Gasteiger charge is -2.24.